The number of aromatic nitrogens is 1. The highest BCUT2D eigenvalue weighted by molar-refractivity contribution is 6.02. The monoisotopic (exact) mass is 207 g/mol. The number of hydrogen-bond acceptors (Lipinski definition) is 4. The van der Waals surface area contributed by atoms with Gasteiger partial charge in [0.2, 0.25) is 0 Å². The smallest absolute Gasteiger partial charge is 0.322 e. The molecule has 1 aromatic rings. The van der Waals surface area contributed by atoms with Crippen LogP contribution in [0.5, 0.6) is 0 Å². The number of nitrogens with one attached hydrogen (secondary N) is 2. The van der Waals surface area contributed by atoms with E-state index in [9.17, 15) is 4.79 Å². The first-order chi connectivity index (χ1) is 7.15. The second kappa shape index (κ2) is 5.09. The van der Waals surface area contributed by atoms with Crippen LogP contribution in [0.1, 0.15) is 18.9 Å². The van der Waals surface area contributed by atoms with E-state index < -0.39 is 5.97 Å². The van der Waals surface area contributed by atoms with Gasteiger partial charge in [-0.3, -0.25) is 9.78 Å². The van der Waals surface area contributed by atoms with Crippen molar-refractivity contribution in [1.82, 2.24) is 4.98 Å². The van der Waals surface area contributed by atoms with E-state index in [0.717, 1.165) is 0 Å². The van der Waals surface area contributed by atoms with Crippen LogP contribution in [0.2, 0.25) is 0 Å². The van der Waals surface area contributed by atoms with E-state index >= 15 is 0 Å². The van der Waals surface area contributed by atoms with Crippen LogP contribution < -0.4 is 5.32 Å². The van der Waals surface area contributed by atoms with Gasteiger partial charge in [-0.25, -0.2) is 0 Å². The van der Waals surface area contributed by atoms with Crippen molar-refractivity contribution >= 4 is 17.4 Å². The Bertz CT molecular complexity index is 377. The third-order valence-electron chi connectivity index (χ3n) is 1.93. The van der Waals surface area contributed by atoms with Gasteiger partial charge in [0.25, 0.3) is 0 Å². The van der Waals surface area contributed by atoms with Crippen molar-refractivity contribution in [1.29, 1.82) is 5.41 Å². The summed E-state index contributed by atoms with van der Waals surface area (Å²) in [5, 5.41) is 18.9. The van der Waals surface area contributed by atoms with E-state index in [-0.39, 0.29) is 6.54 Å². The SMILES string of the molecule is CCC(=N)c1ccncc1NCC(=O)O. The number of pyridine rings is 1. The third kappa shape index (κ3) is 3.05. The number of carboxylic acid groups (broad SMARTS) is 1. The summed E-state index contributed by atoms with van der Waals surface area (Å²) in [6, 6.07) is 1.70. The molecule has 0 amide bonds. The molecule has 15 heavy (non-hydrogen) atoms. The highest BCUT2D eigenvalue weighted by atomic mass is 16.4. The maximum Gasteiger partial charge on any atom is 0.322 e. The second-order valence-corrected chi connectivity index (χ2v) is 3.00. The molecule has 0 unspecified atom stereocenters. The van der Waals surface area contributed by atoms with Crippen molar-refractivity contribution in [2.24, 2.45) is 0 Å². The van der Waals surface area contributed by atoms with Crippen LogP contribution in [-0.2, 0) is 4.79 Å². The Morgan fingerprint density at radius 2 is 2.40 bits per heavy atom. The summed E-state index contributed by atoms with van der Waals surface area (Å²) in [4.78, 5) is 14.3. The molecule has 1 rings (SSSR count). The van der Waals surface area contributed by atoms with Crippen molar-refractivity contribution in [2.45, 2.75) is 13.3 Å². The summed E-state index contributed by atoms with van der Waals surface area (Å²) in [5.74, 6) is -0.937. The summed E-state index contributed by atoms with van der Waals surface area (Å²) < 4.78 is 0. The van der Waals surface area contributed by atoms with Gasteiger partial charge in [-0.2, -0.15) is 0 Å². The predicted octanol–water partition coefficient (Wildman–Crippen LogP) is 1.36. The molecule has 0 aliphatic rings. The van der Waals surface area contributed by atoms with Crippen LogP contribution >= 0.6 is 0 Å². The number of anilines is 1. The number of rotatable bonds is 5. The van der Waals surface area contributed by atoms with Crippen LogP contribution in [0.3, 0.4) is 0 Å². The zero-order valence-corrected chi connectivity index (χ0v) is 8.45. The van der Waals surface area contributed by atoms with Crippen molar-refractivity contribution in [3.63, 3.8) is 0 Å². The lowest BCUT2D eigenvalue weighted by Crippen LogP contribution is -2.14. The molecule has 0 aliphatic carbocycles. The molecule has 1 heterocycles. The van der Waals surface area contributed by atoms with Gasteiger partial charge >= 0.3 is 5.97 Å². The second-order valence-electron chi connectivity index (χ2n) is 3.00. The van der Waals surface area contributed by atoms with Crippen LogP contribution in [-0.4, -0.2) is 28.3 Å². The molecule has 5 nitrogen and oxygen atoms in total. The van der Waals surface area contributed by atoms with Crippen molar-refractivity contribution < 1.29 is 9.90 Å². The normalized spacial score (nSPS) is 9.67. The maximum absolute atomic E-state index is 10.4. The van der Waals surface area contributed by atoms with Crippen LogP contribution in [0.4, 0.5) is 5.69 Å². The summed E-state index contributed by atoms with van der Waals surface area (Å²) in [5.41, 5.74) is 1.76. The molecule has 0 spiro atoms. The van der Waals surface area contributed by atoms with Crippen molar-refractivity contribution in [2.75, 3.05) is 11.9 Å². The van der Waals surface area contributed by atoms with Gasteiger partial charge in [-0.05, 0) is 12.5 Å². The van der Waals surface area contributed by atoms with Crippen LogP contribution in [0.25, 0.3) is 0 Å². The highest BCUT2D eigenvalue weighted by Gasteiger charge is 2.06. The predicted molar refractivity (Wildman–Crippen MR) is 57.5 cm³/mol. The Hall–Kier alpha value is -1.91. The minimum atomic E-state index is -0.937. The largest absolute Gasteiger partial charge is 0.480 e. The van der Waals surface area contributed by atoms with E-state index in [4.69, 9.17) is 10.5 Å². The Morgan fingerprint density at radius 3 is 3.00 bits per heavy atom. The minimum absolute atomic E-state index is 0.171. The molecule has 5 heteroatoms. The minimum Gasteiger partial charge on any atom is -0.480 e. The van der Waals surface area contributed by atoms with Gasteiger partial charge in [0, 0.05) is 17.5 Å². The molecule has 3 N–H and O–H groups in total. The van der Waals surface area contributed by atoms with E-state index in [1.54, 1.807) is 12.3 Å². The van der Waals surface area contributed by atoms with Gasteiger partial charge in [0.05, 0.1) is 11.9 Å². The zero-order chi connectivity index (χ0) is 11.3. The zero-order valence-electron chi connectivity index (χ0n) is 8.45. The fourth-order valence-corrected chi connectivity index (χ4v) is 1.16. The molecule has 80 valence electrons. The number of hydrogen-bond donors (Lipinski definition) is 3. The molecular formula is C10H13N3O2. The Labute approximate surface area is 87.7 Å². The lowest BCUT2D eigenvalue weighted by atomic mass is 10.1. The average Bonchev–Trinajstić information content (AvgIpc) is 2.25. The van der Waals surface area contributed by atoms with Crippen LogP contribution in [0, 0.1) is 5.41 Å². The standard InChI is InChI=1S/C10H13N3O2/c1-2-8(11)7-3-4-12-5-9(7)13-6-10(14)15/h3-5,11,13H,2,6H2,1H3,(H,14,15). The molecule has 0 aromatic carbocycles. The van der Waals surface area contributed by atoms with Crippen molar-refractivity contribution in [3.8, 4) is 0 Å². The van der Waals surface area contributed by atoms with Gasteiger partial charge in [-0.15, -0.1) is 0 Å². The highest BCUT2D eigenvalue weighted by Crippen LogP contribution is 2.14. The maximum atomic E-state index is 10.4. The molecule has 1 aromatic heterocycles. The van der Waals surface area contributed by atoms with Gasteiger partial charge in [-0.1, -0.05) is 6.92 Å². The van der Waals surface area contributed by atoms with E-state index in [1.165, 1.54) is 6.20 Å². The summed E-state index contributed by atoms with van der Waals surface area (Å²) in [6.07, 6.45) is 3.72. The molecule has 0 saturated heterocycles. The molecule has 0 radical (unpaired) electrons. The molecule has 0 fully saturated rings. The van der Waals surface area contributed by atoms with Gasteiger partial charge in [0.1, 0.15) is 6.54 Å². The summed E-state index contributed by atoms with van der Waals surface area (Å²) >= 11 is 0. The molecule has 0 atom stereocenters. The lowest BCUT2D eigenvalue weighted by Gasteiger charge is -2.09. The summed E-state index contributed by atoms with van der Waals surface area (Å²) in [6.45, 7) is 1.71. The average molecular weight is 207 g/mol. The lowest BCUT2D eigenvalue weighted by molar-refractivity contribution is -0.134. The van der Waals surface area contributed by atoms with Crippen molar-refractivity contribution in [3.05, 3.63) is 24.0 Å². The fourth-order valence-electron chi connectivity index (χ4n) is 1.16. The Kier molecular flexibility index (Phi) is 3.79. The topological polar surface area (TPSA) is 86.1 Å². The molecule has 0 aliphatic heterocycles. The molecular weight excluding hydrogens is 194 g/mol. The first kappa shape index (κ1) is 11.2. The molecule has 0 bridgehead atoms. The third-order valence-corrected chi connectivity index (χ3v) is 1.93. The van der Waals surface area contributed by atoms with Gasteiger partial charge < -0.3 is 15.8 Å². The Balaban J connectivity index is 2.86. The molecule has 0 saturated carbocycles. The number of carbonyl (C=O) groups is 1. The quantitative estimate of drug-likeness (QED) is 0.636. The summed E-state index contributed by atoms with van der Waals surface area (Å²) in [7, 11) is 0. The van der Waals surface area contributed by atoms with Gasteiger partial charge in [0.15, 0.2) is 0 Å². The Morgan fingerprint density at radius 1 is 1.67 bits per heavy atom. The van der Waals surface area contributed by atoms with E-state index in [2.05, 4.69) is 10.3 Å². The number of aliphatic carboxylic acids is 1. The van der Waals surface area contributed by atoms with E-state index in [0.29, 0.717) is 23.4 Å². The number of nitrogens with zero attached hydrogens (tertiary/aromatic N) is 1. The van der Waals surface area contributed by atoms with E-state index in [1.807, 2.05) is 6.92 Å². The van der Waals surface area contributed by atoms with Crippen LogP contribution in [0.15, 0.2) is 18.5 Å². The first-order valence-electron chi connectivity index (χ1n) is 4.62. The fraction of sp³-hybridized carbons (Fsp3) is 0.300. The first-order valence-corrected chi connectivity index (χ1v) is 4.62. The number of carboxylic acids is 1.